The molecule has 0 spiro atoms. The van der Waals surface area contributed by atoms with Gasteiger partial charge in [-0.3, -0.25) is 4.79 Å². The predicted octanol–water partition coefficient (Wildman–Crippen LogP) is 1.23. The number of hydrogen-bond acceptors (Lipinski definition) is 3. The third-order valence-corrected chi connectivity index (χ3v) is 2.51. The van der Waals surface area contributed by atoms with Gasteiger partial charge in [-0.2, -0.15) is 0 Å². The zero-order valence-corrected chi connectivity index (χ0v) is 10.9. The highest BCUT2D eigenvalue weighted by atomic mass is 16.5. The van der Waals surface area contributed by atoms with E-state index in [0.717, 1.165) is 0 Å². The first-order valence-electron chi connectivity index (χ1n) is 5.42. The summed E-state index contributed by atoms with van der Waals surface area (Å²) in [5, 5.41) is 2.55. The van der Waals surface area contributed by atoms with Crippen LogP contribution >= 0.6 is 0 Å². The largest absolute Gasteiger partial charge is 0.453 e. The van der Waals surface area contributed by atoms with Crippen LogP contribution in [0.15, 0.2) is 0 Å². The van der Waals surface area contributed by atoms with Gasteiger partial charge in [-0.25, -0.2) is 4.79 Å². The Labute approximate surface area is 97.1 Å². The zero-order chi connectivity index (χ0) is 12.9. The molecule has 1 unspecified atom stereocenters. The van der Waals surface area contributed by atoms with Crippen LogP contribution < -0.4 is 5.32 Å². The van der Waals surface area contributed by atoms with Crippen molar-refractivity contribution in [2.24, 2.45) is 5.92 Å². The fraction of sp³-hybridized carbons (Fsp3) is 0.818. The molecule has 0 radical (unpaired) electrons. The Kier molecular flexibility index (Phi) is 5.85. The molecule has 0 rings (SSSR count). The monoisotopic (exact) mass is 230 g/mol. The first-order chi connectivity index (χ1) is 7.31. The lowest BCUT2D eigenvalue weighted by Gasteiger charge is -2.29. The van der Waals surface area contributed by atoms with Gasteiger partial charge in [-0.1, -0.05) is 13.8 Å². The summed E-state index contributed by atoms with van der Waals surface area (Å²) in [6.45, 7) is 7.61. The Bertz CT molecular complexity index is 252. The smallest absolute Gasteiger partial charge is 0.407 e. The van der Waals surface area contributed by atoms with E-state index in [1.54, 1.807) is 11.9 Å². The van der Waals surface area contributed by atoms with Crippen molar-refractivity contribution in [1.82, 2.24) is 10.2 Å². The summed E-state index contributed by atoms with van der Waals surface area (Å²) in [5.41, 5.74) is 0. The lowest BCUT2D eigenvalue weighted by Crippen LogP contribution is -2.51. The molecule has 0 aromatic heterocycles. The molecule has 0 aromatic rings. The first-order valence-corrected chi connectivity index (χ1v) is 5.42. The molecule has 0 heterocycles. The Morgan fingerprint density at radius 1 is 1.19 bits per heavy atom. The summed E-state index contributed by atoms with van der Waals surface area (Å²) in [4.78, 5) is 24.8. The van der Waals surface area contributed by atoms with Gasteiger partial charge in [0, 0.05) is 13.1 Å². The third-order valence-electron chi connectivity index (χ3n) is 2.51. The SMILES string of the molecule is COC(=O)NC(C(=O)N(C)C(C)C)C(C)C. The normalized spacial score (nSPS) is 12.5. The predicted molar refractivity (Wildman–Crippen MR) is 62.1 cm³/mol. The van der Waals surface area contributed by atoms with Crippen LogP contribution in [-0.4, -0.2) is 43.1 Å². The van der Waals surface area contributed by atoms with Crippen molar-refractivity contribution < 1.29 is 14.3 Å². The number of nitrogens with zero attached hydrogens (tertiary/aromatic N) is 1. The first kappa shape index (κ1) is 14.7. The molecule has 0 saturated heterocycles. The highest BCUT2D eigenvalue weighted by Gasteiger charge is 2.28. The molecule has 0 aromatic carbocycles. The summed E-state index contributed by atoms with van der Waals surface area (Å²) >= 11 is 0. The van der Waals surface area contributed by atoms with Crippen molar-refractivity contribution in [2.75, 3.05) is 14.2 Å². The minimum atomic E-state index is -0.579. The molecular formula is C11H22N2O3. The van der Waals surface area contributed by atoms with Crippen LogP contribution in [0.1, 0.15) is 27.7 Å². The van der Waals surface area contributed by atoms with Crippen LogP contribution in [-0.2, 0) is 9.53 Å². The number of alkyl carbamates (subject to hydrolysis) is 1. The van der Waals surface area contributed by atoms with E-state index in [2.05, 4.69) is 10.1 Å². The molecule has 2 amide bonds. The Balaban J connectivity index is 4.66. The fourth-order valence-electron chi connectivity index (χ4n) is 1.17. The summed E-state index contributed by atoms with van der Waals surface area (Å²) < 4.78 is 4.50. The number of methoxy groups -OCH3 is 1. The van der Waals surface area contributed by atoms with E-state index in [0.29, 0.717) is 0 Å². The Morgan fingerprint density at radius 3 is 2.00 bits per heavy atom. The van der Waals surface area contributed by atoms with Gasteiger partial charge >= 0.3 is 6.09 Å². The molecule has 94 valence electrons. The molecule has 0 aliphatic carbocycles. The van der Waals surface area contributed by atoms with E-state index < -0.39 is 12.1 Å². The van der Waals surface area contributed by atoms with Crippen molar-refractivity contribution in [3.8, 4) is 0 Å². The van der Waals surface area contributed by atoms with E-state index >= 15 is 0 Å². The minimum Gasteiger partial charge on any atom is -0.453 e. The standard InChI is InChI=1S/C11H22N2O3/c1-7(2)9(12-11(15)16-6)10(14)13(5)8(3)4/h7-9H,1-6H3,(H,12,15). The molecule has 0 aliphatic rings. The summed E-state index contributed by atoms with van der Waals surface area (Å²) in [7, 11) is 3.00. The van der Waals surface area contributed by atoms with Gasteiger partial charge in [0.25, 0.3) is 0 Å². The van der Waals surface area contributed by atoms with Crippen LogP contribution in [0.4, 0.5) is 4.79 Å². The maximum atomic E-state index is 12.0. The molecule has 1 atom stereocenters. The van der Waals surface area contributed by atoms with Gasteiger partial charge in [0.2, 0.25) is 5.91 Å². The second-order valence-electron chi connectivity index (χ2n) is 4.40. The van der Waals surface area contributed by atoms with E-state index in [-0.39, 0.29) is 17.9 Å². The highest BCUT2D eigenvalue weighted by molar-refractivity contribution is 5.85. The van der Waals surface area contributed by atoms with Crippen LogP contribution in [0.2, 0.25) is 0 Å². The maximum absolute atomic E-state index is 12.0. The summed E-state index contributed by atoms with van der Waals surface area (Å²) in [5.74, 6) is -0.0804. The number of amides is 2. The van der Waals surface area contributed by atoms with Crippen molar-refractivity contribution >= 4 is 12.0 Å². The van der Waals surface area contributed by atoms with Gasteiger partial charge in [0.1, 0.15) is 6.04 Å². The number of rotatable bonds is 4. The van der Waals surface area contributed by atoms with Gasteiger partial charge in [0.05, 0.1) is 7.11 Å². The number of hydrogen-bond donors (Lipinski definition) is 1. The van der Waals surface area contributed by atoms with Crippen molar-refractivity contribution in [3.63, 3.8) is 0 Å². The quantitative estimate of drug-likeness (QED) is 0.790. The second-order valence-corrected chi connectivity index (χ2v) is 4.40. The van der Waals surface area contributed by atoms with Gasteiger partial charge in [0.15, 0.2) is 0 Å². The number of likely N-dealkylation sites (N-methyl/N-ethyl adjacent to an activating group) is 1. The molecule has 1 N–H and O–H groups in total. The van der Waals surface area contributed by atoms with Crippen molar-refractivity contribution in [1.29, 1.82) is 0 Å². The van der Waals surface area contributed by atoms with E-state index in [1.165, 1.54) is 7.11 Å². The Morgan fingerprint density at radius 2 is 1.69 bits per heavy atom. The van der Waals surface area contributed by atoms with Crippen LogP contribution in [0.5, 0.6) is 0 Å². The van der Waals surface area contributed by atoms with Gasteiger partial charge < -0.3 is 15.0 Å². The zero-order valence-electron chi connectivity index (χ0n) is 10.9. The molecule has 5 nitrogen and oxygen atoms in total. The van der Waals surface area contributed by atoms with Crippen molar-refractivity contribution in [3.05, 3.63) is 0 Å². The van der Waals surface area contributed by atoms with E-state index in [1.807, 2.05) is 27.7 Å². The summed E-state index contributed by atoms with van der Waals surface area (Å²) in [6, 6.07) is -0.437. The minimum absolute atomic E-state index is 0.0211. The van der Waals surface area contributed by atoms with Crippen LogP contribution in [0.3, 0.4) is 0 Å². The highest BCUT2D eigenvalue weighted by Crippen LogP contribution is 2.07. The number of carbonyl (C=O) groups is 2. The molecule has 16 heavy (non-hydrogen) atoms. The van der Waals surface area contributed by atoms with E-state index in [9.17, 15) is 9.59 Å². The van der Waals surface area contributed by atoms with E-state index in [4.69, 9.17) is 0 Å². The number of nitrogens with one attached hydrogen (secondary N) is 1. The van der Waals surface area contributed by atoms with Crippen molar-refractivity contribution in [2.45, 2.75) is 39.8 Å². The molecule has 5 heteroatoms. The van der Waals surface area contributed by atoms with Gasteiger partial charge in [-0.05, 0) is 19.8 Å². The Hall–Kier alpha value is -1.26. The second kappa shape index (κ2) is 6.35. The van der Waals surface area contributed by atoms with Crippen LogP contribution in [0.25, 0.3) is 0 Å². The molecule has 0 bridgehead atoms. The average Bonchev–Trinajstić information content (AvgIpc) is 2.22. The lowest BCUT2D eigenvalue weighted by molar-refractivity contribution is -0.134. The topological polar surface area (TPSA) is 58.6 Å². The molecular weight excluding hydrogens is 208 g/mol. The fourth-order valence-corrected chi connectivity index (χ4v) is 1.17. The maximum Gasteiger partial charge on any atom is 0.407 e. The lowest BCUT2D eigenvalue weighted by atomic mass is 10.0. The molecule has 0 saturated carbocycles. The number of ether oxygens (including phenoxy) is 1. The molecule has 0 fully saturated rings. The van der Waals surface area contributed by atoms with Crippen LogP contribution in [0, 0.1) is 5.92 Å². The van der Waals surface area contributed by atoms with Gasteiger partial charge in [-0.15, -0.1) is 0 Å². The number of carbonyl (C=O) groups excluding carboxylic acids is 2. The third kappa shape index (κ3) is 4.08. The summed E-state index contributed by atoms with van der Waals surface area (Å²) in [6.07, 6.45) is -0.579. The average molecular weight is 230 g/mol. The molecule has 0 aliphatic heterocycles.